The molecule has 0 fully saturated rings. The van der Waals surface area contributed by atoms with Gasteiger partial charge >= 0.3 is 6.18 Å². The summed E-state index contributed by atoms with van der Waals surface area (Å²) in [4.78, 5) is 12.8. The lowest BCUT2D eigenvalue weighted by Crippen LogP contribution is -2.35. The molecule has 2 heterocycles. The summed E-state index contributed by atoms with van der Waals surface area (Å²) in [5, 5.41) is 9.72. The molecule has 1 aliphatic rings. The van der Waals surface area contributed by atoms with Crippen molar-refractivity contribution in [2.24, 2.45) is 0 Å². The minimum atomic E-state index is -4.63. The second-order valence-electron chi connectivity index (χ2n) is 7.52. The molecule has 1 aromatic heterocycles. The zero-order valence-electron chi connectivity index (χ0n) is 17.9. The first-order chi connectivity index (χ1) is 16.1. The quantitative estimate of drug-likeness (QED) is 0.428. The Kier molecular flexibility index (Phi) is 6.55. The maximum Gasteiger partial charge on any atom is 0.410 e. The van der Waals surface area contributed by atoms with Crippen LogP contribution in [-0.4, -0.2) is 36.1 Å². The number of nitrogens with zero attached hydrogens (tertiary/aromatic N) is 2. The Morgan fingerprint density at radius 2 is 1.79 bits per heavy atom. The first kappa shape index (κ1) is 24.0. The van der Waals surface area contributed by atoms with Crippen LogP contribution in [0.1, 0.15) is 34.6 Å². The van der Waals surface area contributed by atoms with Crippen LogP contribution in [0.3, 0.4) is 0 Å². The molecule has 0 saturated heterocycles. The van der Waals surface area contributed by atoms with Crippen LogP contribution in [0.5, 0.6) is 11.5 Å². The highest BCUT2D eigenvalue weighted by molar-refractivity contribution is 6.36. The summed E-state index contributed by atoms with van der Waals surface area (Å²) in [6.45, 7) is 0. The molecule has 7 nitrogen and oxygen atoms in total. The topological polar surface area (TPSA) is 77.4 Å². The molecule has 0 saturated carbocycles. The number of nitrogens with one attached hydrogen (secondary N) is 2. The summed E-state index contributed by atoms with van der Waals surface area (Å²) in [7, 11) is 2.90. The normalized spacial score (nSPS) is 17.5. The van der Waals surface area contributed by atoms with E-state index in [0.717, 1.165) is 4.68 Å². The highest BCUT2D eigenvalue weighted by Crippen LogP contribution is 2.47. The first-order valence-corrected chi connectivity index (χ1v) is 10.8. The van der Waals surface area contributed by atoms with Gasteiger partial charge in [0, 0.05) is 17.1 Å². The number of amides is 1. The van der Waals surface area contributed by atoms with Crippen LogP contribution >= 0.6 is 23.2 Å². The predicted molar refractivity (Wildman–Crippen MR) is 122 cm³/mol. The van der Waals surface area contributed by atoms with E-state index in [9.17, 15) is 18.0 Å². The van der Waals surface area contributed by atoms with Gasteiger partial charge in [-0.25, -0.2) is 4.68 Å². The third kappa shape index (κ3) is 4.60. The first-order valence-electron chi connectivity index (χ1n) is 10.0. The van der Waals surface area contributed by atoms with E-state index in [1.807, 2.05) is 0 Å². The van der Waals surface area contributed by atoms with Crippen molar-refractivity contribution in [2.45, 2.75) is 24.7 Å². The van der Waals surface area contributed by atoms with Gasteiger partial charge in [0.25, 0.3) is 5.91 Å². The van der Waals surface area contributed by atoms with Crippen LogP contribution in [0.4, 0.5) is 24.7 Å². The molecule has 12 heteroatoms. The van der Waals surface area contributed by atoms with Crippen LogP contribution in [0.15, 0.2) is 42.5 Å². The van der Waals surface area contributed by atoms with Crippen molar-refractivity contribution in [2.75, 3.05) is 24.9 Å². The molecule has 2 atom stereocenters. The maximum absolute atomic E-state index is 14.0. The molecular formula is C22H19Cl2F3N4O3. The van der Waals surface area contributed by atoms with Crippen LogP contribution in [-0.2, 0) is 0 Å². The number of carbonyl (C=O) groups is 1. The molecule has 4 rings (SSSR count). The van der Waals surface area contributed by atoms with Gasteiger partial charge in [0.2, 0.25) is 0 Å². The van der Waals surface area contributed by atoms with Gasteiger partial charge in [-0.15, -0.1) is 0 Å². The summed E-state index contributed by atoms with van der Waals surface area (Å²) in [6.07, 6.45) is -5.01. The number of benzene rings is 2. The van der Waals surface area contributed by atoms with Gasteiger partial charge < -0.3 is 20.1 Å². The molecule has 2 aromatic carbocycles. The van der Waals surface area contributed by atoms with Crippen molar-refractivity contribution in [3.05, 3.63) is 63.8 Å². The summed E-state index contributed by atoms with van der Waals surface area (Å²) in [6, 6.07) is 8.28. The average molecular weight is 515 g/mol. The molecule has 0 spiro atoms. The van der Waals surface area contributed by atoms with Crippen molar-refractivity contribution < 1.29 is 27.4 Å². The Labute approximate surface area is 202 Å². The second-order valence-corrected chi connectivity index (χ2v) is 8.34. The number of hydrogen-bond donors (Lipinski definition) is 2. The number of fused-ring (bicyclic) bond motifs is 1. The van der Waals surface area contributed by atoms with Gasteiger partial charge in [-0.1, -0.05) is 29.3 Å². The number of alkyl halides is 3. The summed E-state index contributed by atoms with van der Waals surface area (Å²) >= 11 is 12.2. The lowest BCUT2D eigenvalue weighted by Gasteiger charge is -2.33. The van der Waals surface area contributed by atoms with E-state index in [1.165, 1.54) is 14.2 Å². The highest BCUT2D eigenvalue weighted by atomic mass is 35.5. The fourth-order valence-electron chi connectivity index (χ4n) is 3.75. The minimum absolute atomic E-state index is 0.101. The Bertz CT molecular complexity index is 1220. The molecule has 34 heavy (non-hydrogen) atoms. The molecule has 180 valence electrons. The molecule has 0 unspecified atom stereocenters. The van der Waals surface area contributed by atoms with E-state index in [1.54, 1.807) is 42.5 Å². The van der Waals surface area contributed by atoms with E-state index < -0.39 is 24.2 Å². The molecule has 0 aliphatic carbocycles. The number of anilines is 2. The Morgan fingerprint density at radius 1 is 1.12 bits per heavy atom. The lowest BCUT2D eigenvalue weighted by molar-refractivity contribution is -0.173. The molecular weight excluding hydrogens is 496 g/mol. The summed E-state index contributed by atoms with van der Waals surface area (Å²) in [5.41, 5.74) is 0.587. The van der Waals surface area contributed by atoms with E-state index in [-0.39, 0.29) is 23.0 Å². The van der Waals surface area contributed by atoms with Gasteiger partial charge in [-0.2, -0.15) is 18.3 Å². The molecule has 0 bridgehead atoms. The van der Waals surface area contributed by atoms with E-state index in [2.05, 4.69) is 15.7 Å². The van der Waals surface area contributed by atoms with Crippen LogP contribution < -0.4 is 20.1 Å². The molecule has 3 aromatic rings. The van der Waals surface area contributed by atoms with E-state index in [4.69, 9.17) is 32.7 Å². The number of aromatic nitrogens is 2. The third-order valence-electron chi connectivity index (χ3n) is 5.42. The third-order valence-corrected chi connectivity index (χ3v) is 6.03. The Morgan fingerprint density at radius 3 is 2.41 bits per heavy atom. The van der Waals surface area contributed by atoms with E-state index in [0.29, 0.717) is 27.8 Å². The van der Waals surface area contributed by atoms with Crippen molar-refractivity contribution in [1.29, 1.82) is 0 Å². The number of halogens is 5. The van der Waals surface area contributed by atoms with Crippen LogP contribution in [0.2, 0.25) is 10.0 Å². The van der Waals surface area contributed by atoms with Crippen molar-refractivity contribution in [3.63, 3.8) is 0 Å². The largest absolute Gasteiger partial charge is 0.493 e. The number of rotatable bonds is 5. The SMILES string of the molecule is COc1ccc([C@H]2C[C@@H](C(F)(F)F)n3nc(C(=O)Nc4ccc(Cl)cc4)c(Cl)c3N2)cc1OC. The second kappa shape index (κ2) is 9.27. The van der Waals surface area contributed by atoms with Crippen LogP contribution in [0.25, 0.3) is 0 Å². The van der Waals surface area contributed by atoms with Gasteiger partial charge in [0.15, 0.2) is 23.2 Å². The van der Waals surface area contributed by atoms with Gasteiger partial charge in [0.1, 0.15) is 10.8 Å². The Balaban J connectivity index is 1.70. The zero-order chi connectivity index (χ0) is 24.6. The molecule has 0 radical (unpaired) electrons. The van der Waals surface area contributed by atoms with Crippen LogP contribution in [0, 0.1) is 0 Å². The summed E-state index contributed by atoms with van der Waals surface area (Å²) in [5.74, 6) is -0.0341. The number of ether oxygens (including phenoxy) is 2. The van der Waals surface area contributed by atoms with Gasteiger partial charge in [-0.3, -0.25) is 4.79 Å². The standard InChI is InChI=1S/C22H19Cl2F3N4O3/c1-33-15-8-3-11(9-16(15)34-2)14-10-17(22(25,26)27)31-20(29-14)18(24)19(30-31)21(32)28-13-6-4-12(23)5-7-13/h3-9,14,17,29H,10H2,1-2H3,(H,28,32)/t14-,17+/m1/s1. The predicted octanol–water partition coefficient (Wildman–Crippen LogP) is 6.12. The smallest absolute Gasteiger partial charge is 0.410 e. The van der Waals surface area contributed by atoms with Gasteiger partial charge in [-0.05, 0) is 42.0 Å². The molecule has 1 aliphatic heterocycles. The zero-order valence-corrected chi connectivity index (χ0v) is 19.4. The van der Waals surface area contributed by atoms with Crippen molar-refractivity contribution in [1.82, 2.24) is 9.78 Å². The van der Waals surface area contributed by atoms with Crippen molar-refractivity contribution >= 4 is 40.6 Å². The number of carbonyl (C=O) groups excluding carboxylic acids is 1. The number of methoxy groups -OCH3 is 2. The summed E-state index contributed by atoms with van der Waals surface area (Å²) < 4.78 is 53.2. The average Bonchev–Trinajstić information content (AvgIpc) is 3.15. The maximum atomic E-state index is 14.0. The van der Waals surface area contributed by atoms with E-state index >= 15 is 0 Å². The lowest BCUT2D eigenvalue weighted by atomic mass is 9.96. The molecule has 1 amide bonds. The number of hydrogen-bond acceptors (Lipinski definition) is 5. The molecule has 2 N–H and O–H groups in total. The van der Waals surface area contributed by atoms with Gasteiger partial charge in [0.05, 0.1) is 20.3 Å². The minimum Gasteiger partial charge on any atom is -0.493 e. The highest BCUT2D eigenvalue weighted by Gasteiger charge is 2.48. The fourth-order valence-corrected chi connectivity index (χ4v) is 4.14. The Hall–Kier alpha value is -3.11. The fraction of sp³-hybridized carbons (Fsp3) is 0.273. The monoisotopic (exact) mass is 514 g/mol. The van der Waals surface area contributed by atoms with Crippen molar-refractivity contribution in [3.8, 4) is 11.5 Å².